The van der Waals surface area contributed by atoms with E-state index >= 15 is 0 Å². The maximum Gasteiger partial charge on any atom is 0.176 e. The molecule has 0 aliphatic carbocycles. The maximum absolute atomic E-state index is 12.0. The molecule has 0 radical (unpaired) electrons. The number of ketones is 1. The fourth-order valence-electron chi connectivity index (χ4n) is 1.90. The molecule has 1 aromatic rings. The number of sulfone groups is 1. The quantitative estimate of drug-likeness (QED) is 0.778. The fraction of sp³-hybridized carbons (Fsp3) is 0.545. The molecule has 0 saturated carbocycles. The molecule has 1 fully saturated rings. The van der Waals surface area contributed by atoms with Gasteiger partial charge >= 0.3 is 0 Å². The van der Waals surface area contributed by atoms with Crippen molar-refractivity contribution in [2.45, 2.75) is 19.8 Å². The van der Waals surface area contributed by atoms with Crippen LogP contribution in [0.1, 0.15) is 27.9 Å². The molecular weight excluding hydrogens is 244 g/mol. The van der Waals surface area contributed by atoms with Gasteiger partial charge in [0.1, 0.15) is 0 Å². The summed E-state index contributed by atoms with van der Waals surface area (Å²) in [6, 6.07) is 3.76. The van der Waals surface area contributed by atoms with Gasteiger partial charge in [0.25, 0.3) is 0 Å². The van der Waals surface area contributed by atoms with Gasteiger partial charge in [0.05, 0.1) is 16.4 Å². The third-order valence-electron chi connectivity index (χ3n) is 2.86. The third-order valence-corrected chi connectivity index (χ3v) is 5.87. The zero-order valence-corrected chi connectivity index (χ0v) is 10.7. The van der Waals surface area contributed by atoms with Crippen molar-refractivity contribution in [3.63, 3.8) is 0 Å². The molecule has 0 bridgehead atoms. The summed E-state index contributed by atoms with van der Waals surface area (Å²) in [6.07, 6.45) is 1.40. The summed E-state index contributed by atoms with van der Waals surface area (Å²) >= 11 is 1.48. The van der Waals surface area contributed by atoms with E-state index in [2.05, 4.69) is 0 Å². The summed E-state index contributed by atoms with van der Waals surface area (Å²) in [7, 11) is -2.96. The molecule has 1 aliphatic heterocycles. The lowest BCUT2D eigenvalue weighted by atomic mass is 10.0. The van der Waals surface area contributed by atoms with Crippen molar-refractivity contribution in [2.75, 3.05) is 11.5 Å². The highest BCUT2D eigenvalue weighted by Crippen LogP contribution is 2.26. The molecule has 0 spiro atoms. The number of rotatable bonds is 3. The van der Waals surface area contributed by atoms with E-state index in [1.165, 1.54) is 16.2 Å². The Kier molecular flexibility index (Phi) is 3.17. The van der Waals surface area contributed by atoms with Crippen molar-refractivity contribution in [2.24, 2.45) is 5.92 Å². The lowest BCUT2D eigenvalue weighted by molar-refractivity contribution is 0.0937. The Morgan fingerprint density at radius 3 is 2.75 bits per heavy atom. The van der Waals surface area contributed by atoms with Gasteiger partial charge < -0.3 is 0 Å². The molecule has 16 heavy (non-hydrogen) atoms. The van der Waals surface area contributed by atoms with Crippen molar-refractivity contribution in [3.05, 3.63) is 21.9 Å². The molecule has 1 unspecified atom stereocenters. The molecule has 1 atom stereocenters. The molecule has 2 rings (SSSR count). The second-order valence-corrected chi connectivity index (χ2v) is 7.48. The van der Waals surface area contributed by atoms with Crippen LogP contribution in [-0.4, -0.2) is 25.7 Å². The monoisotopic (exact) mass is 258 g/mol. The zero-order valence-electron chi connectivity index (χ0n) is 9.10. The van der Waals surface area contributed by atoms with Gasteiger partial charge in [0.2, 0.25) is 0 Å². The highest BCUT2D eigenvalue weighted by molar-refractivity contribution is 7.91. The maximum atomic E-state index is 12.0. The Hall–Kier alpha value is -0.680. The number of Topliss-reactive ketones (excluding diaryl/α,β-unsaturated/α-hetero) is 1. The van der Waals surface area contributed by atoms with Crippen LogP contribution < -0.4 is 0 Å². The topological polar surface area (TPSA) is 51.2 Å². The molecule has 0 aromatic carbocycles. The highest BCUT2D eigenvalue weighted by atomic mass is 32.2. The lowest BCUT2D eigenvalue weighted by Crippen LogP contribution is -2.14. The molecule has 5 heteroatoms. The fourth-order valence-corrected chi connectivity index (χ4v) is 4.61. The summed E-state index contributed by atoms with van der Waals surface area (Å²) in [5.41, 5.74) is 0. The van der Waals surface area contributed by atoms with Gasteiger partial charge in [-0.25, -0.2) is 8.42 Å². The van der Waals surface area contributed by atoms with Crippen LogP contribution >= 0.6 is 11.3 Å². The number of thiophene rings is 1. The second-order valence-electron chi connectivity index (χ2n) is 4.08. The van der Waals surface area contributed by atoms with Gasteiger partial charge in [-0.2, -0.15) is 0 Å². The van der Waals surface area contributed by atoms with Gasteiger partial charge in [-0.3, -0.25) is 4.79 Å². The van der Waals surface area contributed by atoms with E-state index in [4.69, 9.17) is 0 Å². The zero-order chi connectivity index (χ0) is 11.8. The van der Waals surface area contributed by atoms with Crippen LogP contribution in [0.15, 0.2) is 12.1 Å². The second kappa shape index (κ2) is 4.30. The van der Waals surface area contributed by atoms with Gasteiger partial charge in [0, 0.05) is 10.8 Å². The van der Waals surface area contributed by atoms with Gasteiger partial charge in [-0.05, 0) is 25.0 Å². The van der Waals surface area contributed by atoms with Crippen molar-refractivity contribution >= 4 is 27.0 Å². The van der Waals surface area contributed by atoms with Crippen LogP contribution in [0.2, 0.25) is 0 Å². The first-order valence-electron chi connectivity index (χ1n) is 5.35. The van der Waals surface area contributed by atoms with Crippen LogP contribution in [0.25, 0.3) is 0 Å². The van der Waals surface area contributed by atoms with Crippen molar-refractivity contribution in [1.82, 2.24) is 0 Å². The Balaban J connectivity index is 2.14. The van der Waals surface area contributed by atoms with Gasteiger partial charge in [0.15, 0.2) is 15.6 Å². The average molecular weight is 258 g/mol. The molecule has 2 heterocycles. The van der Waals surface area contributed by atoms with Crippen LogP contribution in [0, 0.1) is 5.92 Å². The van der Waals surface area contributed by atoms with Crippen LogP contribution in [0.4, 0.5) is 0 Å². The molecule has 1 saturated heterocycles. The first-order valence-corrected chi connectivity index (χ1v) is 7.99. The van der Waals surface area contributed by atoms with Crippen molar-refractivity contribution in [1.29, 1.82) is 0 Å². The van der Waals surface area contributed by atoms with E-state index < -0.39 is 9.84 Å². The lowest BCUT2D eigenvalue weighted by Gasteiger charge is -2.03. The smallest absolute Gasteiger partial charge is 0.176 e. The minimum absolute atomic E-state index is 0.00535. The van der Waals surface area contributed by atoms with E-state index in [1.54, 1.807) is 0 Å². The first kappa shape index (κ1) is 11.8. The van der Waals surface area contributed by atoms with E-state index in [1.807, 2.05) is 19.1 Å². The van der Waals surface area contributed by atoms with Crippen LogP contribution in [0.5, 0.6) is 0 Å². The normalized spacial score (nSPS) is 23.4. The number of carbonyl (C=O) groups is 1. The largest absolute Gasteiger partial charge is 0.293 e. The van der Waals surface area contributed by atoms with Crippen LogP contribution in [-0.2, 0) is 16.3 Å². The molecule has 0 N–H and O–H groups in total. The van der Waals surface area contributed by atoms with E-state index in [0.717, 1.165) is 6.42 Å². The predicted molar refractivity (Wildman–Crippen MR) is 64.8 cm³/mol. The first-order chi connectivity index (χ1) is 7.52. The van der Waals surface area contributed by atoms with Crippen molar-refractivity contribution in [3.8, 4) is 0 Å². The van der Waals surface area contributed by atoms with E-state index in [-0.39, 0.29) is 23.2 Å². The Morgan fingerprint density at radius 2 is 2.25 bits per heavy atom. The number of hydrogen-bond donors (Lipinski definition) is 0. The Bertz CT molecular complexity index is 499. The van der Waals surface area contributed by atoms with Crippen LogP contribution in [0.3, 0.4) is 0 Å². The standard InChI is InChI=1S/C11H14O3S2/c1-2-9-3-4-10(15-9)11(12)8-5-6-16(13,14)7-8/h3-4,8H,2,5-7H2,1H3. The number of aryl methyl sites for hydroxylation is 1. The van der Waals surface area contributed by atoms with Crippen molar-refractivity contribution < 1.29 is 13.2 Å². The average Bonchev–Trinajstić information content (AvgIpc) is 2.83. The van der Waals surface area contributed by atoms with Gasteiger partial charge in [-0.15, -0.1) is 11.3 Å². The molecule has 1 aliphatic rings. The minimum atomic E-state index is -2.96. The van der Waals surface area contributed by atoms with E-state index in [0.29, 0.717) is 11.3 Å². The Morgan fingerprint density at radius 1 is 1.50 bits per heavy atom. The number of hydrogen-bond acceptors (Lipinski definition) is 4. The molecule has 88 valence electrons. The Labute approximate surface area is 99.4 Å². The summed E-state index contributed by atoms with van der Waals surface area (Å²) in [5.74, 6) is -0.111. The van der Waals surface area contributed by atoms with E-state index in [9.17, 15) is 13.2 Å². The molecular formula is C11H14O3S2. The number of carbonyl (C=O) groups excluding carboxylic acids is 1. The molecule has 1 aromatic heterocycles. The summed E-state index contributed by atoms with van der Waals surface area (Å²) < 4.78 is 22.6. The third kappa shape index (κ3) is 2.35. The summed E-state index contributed by atoms with van der Waals surface area (Å²) in [6.45, 7) is 2.04. The minimum Gasteiger partial charge on any atom is -0.293 e. The highest BCUT2D eigenvalue weighted by Gasteiger charge is 2.33. The van der Waals surface area contributed by atoms with Gasteiger partial charge in [-0.1, -0.05) is 6.92 Å². The SMILES string of the molecule is CCc1ccc(C(=O)C2CCS(=O)(=O)C2)s1. The summed E-state index contributed by atoms with van der Waals surface area (Å²) in [5, 5.41) is 0. The predicted octanol–water partition coefficient (Wildman–Crippen LogP) is 1.93. The molecule has 0 amide bonds. The summed E-state index contributed by atoms with van der Waals surface area (Å²) in [4.78, 5) is 13.9. The molecule has 3 nitrogen and oxygen atoms in total.